The van der Waals surface area contributed by atoms with E-state index in [0.29, 0.717) is 30.5 Å². The number of fused-ring (bicyclic) bond motifs is 2. The van der Waals surface area contributed by atoms with Gasteiger partial charge in [0.25, 0.3) is 0 Å². The summed E-state index contributed by atoms with van der Waals surface area (Å²) in [4.78, 5) is 31.4. The molecule has 2 bridgehead atoms. The van der Waals surface area contributed by atoms with Gasteiger partial charge >= 0.3 is 0 Å². The van der Waals surface area contributed by atoms with Crippen LogP contribution in [0.2, 0.25) is 0 Å². The smallest absolute Gasteiger partial charge is 0.236 e. The molecule has 162 valence electrons. The summed E-state index contributed by atoms with van der Waals surface area (Å²) in [6.07, 6.45) is 9.20. The summed E-state index contributed by atoms with van der Waals surface area (Å²) in [6, 6.07) is 1.31. The van der Waals surface area contributed by atoms with Crippen LogP contribution >= 0.6 is 24.8 Å². The molecule has 4 heterocycles. The zero-order chi connectivity index (χ0) is 17.9. The molecule has 0 aromatic heterocycles. The molecule has 2 atom stereocenters. The molecule has 0 spiro atoms. The van der Waals surface area contributed by atoms with Crippen molar-refractivity contribution in [1.29, 1.82) is 0 Å². The van der Waals surface area contributed by atoms with Crippen LogP contribution in [0.25, 0.3) is 0 Å². The van der Waals surface area contributed by atoms with Gasteiger partial charge in [-0.05, 0) is 50.9 Å². The first-order valence-electron chi connectivity index (χ1n) is 10.7. The molecule has 2 unspecified atom stereocenters. The summed E-state index contributed by atoms with van der Waals surface area (Å²) in [6.45, 7) is 5.62. The van der Waals surface area contributed by atoms with Crippen molar-refractivity contribution in [1.82, 2.24) is 20.0 Å². The SMILES string of the molecule is Cl.Cl.O=C(CC1CC2CCC(C1)N2)N1CCN(CC(=O)N2CCCCC2)CC1. The van der Waals surface area contributed by atoms with Gasteiger partial charge in [-0.1, -0.05) is 0 Å². The Morgan fingerprint density at radius 2 is 1.32 bits per heavy atom. The van der Waals surface area contributed by atoms with Gasteiger partial charge in [0.05, 0.1) is 6.54 Å². The fraction of sp³-hybridized carbons (Fsp3) is 0.900. The number of carbonyl (C=O) groups is 2. The molecule has 0 aromatic rings. The van der Waals surface area contributed by atoms with Gasteiger partial charge < -0.3 is 15.1 Å². The lowest BCUT2D eigenvalue weighted by Gasteiger charge is -2.37. The van der Waals surface area contributed by atoms with E-state index in [-0.39, 0.29) is 30.7 Å². The van der Waals surface area contributed by atoms with Crippen LogP contribution in [0.3, 0.4) is 0 Å². The first-order chi connectivity index (χ1) is 12.7. The lowest BCUT2D eigenvalue weighted by atomic mass is 9.89. The summed E-state index contributed by atoms with van der Waals surface area (Å²) in [7, 11) is 0. The number of likely N-dealkylation sites (tertiary alicyclic amines) is 1. The van der Waals surface area contributed by atoms with Crippen LogP contribution in [0.15, 0.2) is 0 Å². The number of piperazine rings is 1. The number of hydrogen-bond donors (Lipinski definition) is 1. The van der Waals surface area contributed by atoms with Gasteiger partial charge in [-0.2, -0.15) is 0 Å². The third-order valence-corrected chi connectivity index (χ3v) is 6.83. The largest absolute Gasteiger partial charge is 0.342 e. The number of nitrogens with zero attached hydrogens (tertiary/aromatic N) is 3. The van der Waals surface area contributed by atoms with Crippen molar-refractivity contribution in [3.8, 4) is 0 Å². The molecule has 6 nitrogen and oxygen atoms in total. The van der Waals surface area contributed by atoms with Crippen molar-refractivity contribution in [3.63, 3.8) is 0 Å². The van der Waals surface area contributed by atoms with E-state index in [0.717, 1.165) is 58.5 Å². The van der Waals surface area contributed by atoms with Crippen LogP contribution in [-0.4, -0.2) is 84.4 Å². The van der Waals surface area contributed by atoms with Crippen molar-refractivity contribution >= 4 is 36.6 Å². The quantitative estimate of drug-likeness (QED) is 0.733. The summed E-state index contributed by atoms with van der Waals surface area (Å²) >= 11 is 0. The lowest BCUT2D eigenvalue weighted by Crippen LogP contribution is -2.52. The maximum atomic E-state index is 12.7. The van der Waals surface area contributed by atoms with Crippen LogP contribution in [0.4, 0.5) is 0 Å². The molecule has 4 aliphatic rings. The zero-order valence-corrected chi connectivity index (χ0v) is 18.4. The molecule has 2 amide bonds. The second-order valence-electron chi connectivity index (χ2n) is 8.78. The molecule has 8 heteroatoms. The molecule has 0 radical (unpaired) electrons. The van der Waals surface area contributed by atoms with Gasteiger partial charge in [-0.15, -0.1) is 24.8 Å². The predicted octanol–water partition coefficient (Wildman–Crippen LogP) is 1.91. The number of nitrogens with one attached hydrogen (secondary N) is 1. The van der Waals surface area contributed by atoms with Crippen molar-refractivity contribution in [2.45, 2.75) is 63.5 Å². The van der Waals surface area contributed by atoms with Crippen LogP contribution < -0.4 is 5.32 Å². The Morgan fingerprint density at radius 1 is 0.750 bits per heavy atom. The molecular formula is C20H36Cl2N4O2. The zero-order valence-electron chi connectivity index (χ0n) is 16.8. The summed E-state index contributed by atoms with van der Waals surface area (Å²) in [5.41, 5.74) is 0. The van der Waals surface area contributed by atoms with Crippen LogP contribution in [0.1, 0.15) is 51.4 Å². The molecular weight excluding hydrogens is 399 g/mol. The summed E-state index contributed by atoms with van der Waals surface area (Å²) < 4.78 is 0. The van der Waals surface area contributed by atoms with E-state index in [1.165, 1.54) is 32.1 Å². The standard InChI is InChI=1S/C20H34N4O2.2ClH/c25-19(14-16-12-17-4-5-18(13-16)21-17)24-10-8-22(9-11-24)15-20(26)23-6-2-1-3-7-23;;/h16-18,21H,1-15H2;2*1H. The minimum atomic E-state index is 0. The van der Waals surface area contributed by atoms with Crippen molar-refractivity contribution in [3.05, 3.63) is 0 Å². The van der Waals surface area contributed by atoms with Crippen LogP contribution in [-0.2, 0) is 9.59 Å². The van der Waals surface area contributed by atoms with E-state index in [4.69, 9.17) is 0 Å². The highest BCUT2D eigenvalue weighted by Gasteiger charge is 2.35. The first kappa shape index (κ1) is 23.7. The molecule has 4 aliphatic heterocycles. The Balaban J connectivity index is 0.00000140. The fourth-order valence-corrected chi connectivity index (χ4v) is 5.31. The number of rotatable bonds is 4. The van der Waals surface area contributed by atoms with Crippen molar-refractivity contribution in [2.24, 2.45) is 5.92 Å². The Morgan fingerprint density at radius 3 is 1.93 bits per heavy atom. The Kier molecular flexibility index (Phi) is 9.32. The number of amides is 2. The second kappa shape index (κ2) is 11.0. The predicted molar refractivity (Wildman–Crippen MR) is 115 cm³/mol. The maximum Gasteiger partial charge on any atom is 0.236 e. The molecule has 4 rings (SSSR count). The fourth-order valence-electron chi connectivity index (χ4n) is 5.31. The molecule has 1 N–H and O–H groups in total. The van der Waals surface area contributed by atoms with Gasteiger partial charge in [0, 0.05) is 57.8 Å². The van der Waals surface area contributed by atoms with Gasteiger partial charge in [-0.25, -0.2) is 0 Å². The summed E-state index contributed by atoms with van der Waals surface area (Å²) in [5, 5.41) is 3.66. The van der Waals surface area contributed by atoms with E-state index >= 15 is 0 Å². The van der Waals surface area contributed by atoms with Gasteiger partial charge in [-0.3, -0.25) is 14.5 Å². The minimum Gasteiger partial charge on any atom is -0.342 e. The Labute approximate surface area is 181 Å². The molecule has 0 aromatic carbocycles. The molecule has 0 aliphatic carbocycles. The molecule has 4 fully saturated rings. The second-order valence-corrected chi connectivity index (χ2v) is 8.78. The van der Waals surface area contributed by atoms with Gasteiger partial charge in [0.2, 0.25) is 11.8 Å². The summed E-state index contributed by atoms with van der Waals surface area (Å²) in [5.74, 6) is 1.17. The van der Waals surface area contributed by atoms with E-state index in [2.05, 4.69) is 10.2 Å². The minimum absolute atomic E-state index is 0. The van der Waals surface area contributed by atoms with Gasteiger partial charge in [0.15, 0.2) is 0 Å². The van der Waals surface area contributed by atoms with Crippen molar-refractivity contribution in [2.75, 3.05) is 45.8 Å². The van der Waals surface area contributed by atoms with Crippen LogP contribution in [0, 0.1) is 5.92 Å². The van der Waals surface area contributed by atoms with E-state index < -0.39 is 0 Å². The van der Waals surface area contributed by atoms with E-state index in [1.807, 2.05) is 9.80 Å². The third-order valence-electron chi connectivity index (χ3n) is 6.83. The highest BCUT2D eigenvalue weighted by atomic mass is 35.5. The highest BCUT2D eigenvalue weighted by molar-refractivity contribution is 5.85. The van der Waals surface area contributed by atoms with E-state index in [1.54, 1.807) is 0 Å². The molecule has 0 saturated carbocycles. The number of hydrogen-bond acceptors (Lipinski definition) is 4. The maximum absolute atomic E-state index is 12.7. The Hall–Kier alpha value is -0.560. The number of piperidine rings is 2. The Bertz CT molecular complexity index is 510. The molecule has 4 saturated heterocycles. The monoisotopic (exact) mass is 434 g/mol. The normalized spacial score (nSPS) is 30.4. The van der Waals surface area contributed by atoms with Crippen LogP contribution in [0.5, 0.6) is 0 Å². The molecule has 28 heavy (non-hydrogen) atoms. The number of carbonyl (C=O) groups excluding carboxylic acids is 2. The highest BCUT2D eigenvalue weighted by Crippen LogP contribution is 2.33. The number of halogens is 2. The first-order valence-corrected chi connectivity index (χ1v) is 10.7. The van der Waals surface area contributed by atoms with Crippen molar-refractivity contribution < 1.29 is 9.59 Å². The topological polar surface area (TPSA) is 55.9 Å². The van der Waals surface area contributed by atoms with Gasteiger partial charge in [0.1, 0.15) is 0 Å². The lowest BCUT2D eigenvalue weighted by molar-refractivity contribution is -0.136. The average molecular weight is 435 g/mol. The third kappa shape index (κ3) is 5.97. The van der Waals surface area contributed by atoms with E-state index in [9.17, 15) is 9.59 Å². The average Bonchev–Trinajstić information content (AvgIpc) is 3.01.